The van der Waals surface area contributed by atoms with Gasteiger partial charge in [-0.25, -0.2) is 4.39 Å². The molecule has 0 saturated carbocycles. The van der Waals surface area contributed by atoms with Gasteiger partial charge in [0.05, 0.1) is 5.56 Å². The number of aromatic hydroxyl groups is 1. The molecule has 0 fully saturated rings. The number of rotatable bonds is 2. The van der Waals surface area contributed by atoms with Crippen LogP contribution in [0.25, 0.3) is 0 Å². The highest BCUT2D eigenvalue weighted by molar-refractivity contribution is 6.10. The second-order valence-corrected chi connectivity index (χ2v) is 3.56. The first-order chi connectivity index (χ1) is 7.58. The smallest absolute Gasteiger partial charge is 0.198 e. The van der Waals surface area contributed by atoms with E-state index in [2.05, 4.69) is 0 Å². The molecule has 0 saturated heterocycles. The van der Waals surface area contributed by atoms with Gasteiger partial charge in [-0.15, -0.1) is 0 Å². The summed E-state index contributed by atoms with van der Waals surface area (Å²) in [5.74, 6) is -1.15. The van der Waals surface area contributed by atoms with Crippen LogP contribution in [0.3, 0.4) is 0 Å². The summed E-state index contributed by atoms with van der Waals surface area (Å²) >= 11 is 0. The lowest BCUT2D eigenvalue weighted by atomic mass is 10.1. The van der Waals surface area contributed by atoms with Crippen LogP contribution in [0.1, 0.15) is 15.9 Å². The zero-order chi connectivity index (χ0) is 11.7. The standard InChI is InChI=1S/C12H10FNO2/c1-14-5-4-8(7-14)12(16)10-6-9(13)2-3-11(10)15/h2-7,15H,1H3. The topological polar surface area (TPSA) is 42.2 Å². The van der Waals surface area contributed by atoms with E-state index >= 15 is 0 Å². The Morgan fingerprint density at radius 2 is 2.12 bits per heavy atom. The molecule has 1 aromatic heterocycles. The Bertz CT molecular complexity index is 546. The monoisotopic (exact) mass is 219 g/mol. The van der Waals surface area contributed by atoms with Crippen molar-refractivity contribution < 1.29 is 14.3 Å². The number of nitrogens with zero attached hydrogens (tertiary/aromatic N) is 1. The number of aryl methyl sites for hydroxylation is 1. The van der Waals surface area contributed by atoms with Crippen LogP contribution in [0, 0.1) is 5.82 Å². The quantitative estimate of drug-likeness (QED) is 0.786. The Hall–Kier alpha value is -2.10. The van der Waals surface area contributed by atoms with Crippen LogP contribution in [0.5, 0.6) is 5.75 Å². The summed E-state index contributed by atoms with van der Waals surface area (Å²) in [5, 5.41) is 9.48. The average molecular weight is 219 g/mol. The van der Waals surface area contributed by atoms with E-state index in [9.17, 15) is 14.3 Å². The zero-order valence-electron chi connectivity index (χ0n) is 8.64. The number of carbonyl (C=O) groups excluding carboxylic acids is 1. The molecule has 0 aliphatic rings. The molecule has 0 aliphatic carbocycles. The third-order valence-electron chi connectivity index (χ3n) is 2.30. The number of hydrogen-bond donors (Lipinski definition) is 1. The summed E-state index contributed by atoms with van der Waals surface area (Å²) in [7, 11) is 1.78. The van der Waals surface area contributed by atoms with Gasteiger partial charge in [0, 0.05) is 25.0 Å². The fourth-order valence-corrected chi connectivity index (χ4v) is 1.48. The Labute approximate surface area is 91.8 Å². The third kappa shape index (κ3) is 1.82. The fourth-order valence-electron chi connectivity index (χ4n) is 1.48. The van der Waals surface area contributed by atoms with E-state index < -0.39 is 11.6 Å². The molecule has 1 N–H and O–H groups in total. The van der Waals surface area contributed by atoms with E-state index in [0.717, 1.165) is 12.1 Å². The van der Waals surface area contributed by atoms with Crippen LogP contribution in [-0.4, -0.2) is 15.5 Å². The highest BCUT2D eigenvalue weighted by atomic mass is 19.1. The molecule has 0 radical (unpaired) electrons. The first-order valence-corrected chi connectivity index (χ1v) is 4.73. The summed E-state index contributed by atoms with van der Waals surface area (Å²) in [6.07, 6.45) is 3.33. The molecule has 3 nitrogen and oxygen atoms in total. The molecule has 0 atom stereocenters. The maximum Gasteiger partial charge on any atom is 0.198 e. The summed E-state index contributed by atoms with van der Waals surface area (Å²) in [6.45, 7) is 0. The van der Waals surface area contributed by atoms with E-state index in [-0.39, 0.29) is 11.3 Å². The average Bonchev–Trinajstić information content (AvgIpc) is 2.67. The van der Waals surface area contributed by atoms with Gasteiger partial charge in [-0.2, -0.15) is 0 Å². The maximum absolute atomic E-state index is 13.0. The van der Waals surface area contributed by atoms with Gasteiger partial charge in [-0.05, 0) is 24.3 Å². The first-order valence-electron chi connectivity index (χ1n) is 4.73. The van der Waals surface area contributed by atoms with Crippen molar-refractivity contribution >= 4 is 5.78 Å². The molecule has 0 unspecified atom stereocenters. The minimum absolute atomic E-state index is 0.0220. The molecule has 1 aromatic carbocycles. The third-order valence-corrected chi connectivity index (χ3v) is 2.30. The van der Waals surface area contributed by atoms with Gasteiger partial charge in [0.1, 0.15) is 11.6 Å². The Kier molecular flexibility index (Phi) is 2.48. The summed E-state index contributed by atoms with van der Waals surface area (Å²) < 4.78 is 14.7. The van der Waals surface area contributed by atoms with Gasteiger partial charge < -0.3 is 9.67 Å². The molecule has 16 heavy (non-hydrogen) atoms. The van der Waals surface area contributed by atoms with Crippen LogP contribution >= 0.6 is 0 Å². The second kappa shape index (κ2) is 3.81. The zero-order valence-corrected chi connectivity index (χ0v) is 8.64. The minimum atomic E-state index is -0.544. The summed E-state index contributed by atoms with van der Waals surface area (Å²) in [4.78, 5) is 11.9. The molecule has 2 aromatic rings. The Balaban J connectivity index is 2.45. The van der Waals surface area contributed by atoms with Crippen LogP contribution < -0.4 is 0 Å². The molecule has 0 bridgehead atoms. The van der Waals surface area contributed by atoms with Gasteiger partial charge >= 0.3 is 0 Å². The van der Waals surface area contributed by atoms with Gasteiger partial charge in [0.15, 0.2) is 5.78 Å². The number of phenols is 1. The maximum atomic E-state index is 13.0. The number of ketones is 1. The lowest BCUT2D eigenvalue weighted by Gasteiger charge is -2.02. The molecular formula is C12H10FNO2. The Morgan fingerprint density at radius 3 is 2.75 bits per heavy atom. The van der Waals surface area contributed by atoms with Gasteiger partial charge in [0.25, 0.3) is 0 Å². The number of carbonyl (C=O) groups is 1. The van der Waals surface area contributed by atoms with Crippen molar-refractivity contribution in [2.75, 3.05) is 0 Å². The summed E-state index contributed by atoms with van der Waals surface area (Å²) in [5.41, 5.74) is 0.398. The van der Waals surface area contributed by atoms with Crippen molar-refractivity contribution in [3.63, 3.8) is 0 Å². The van der Waals surface area contributed by atoms with E-state index in [0.29, 0.717) is 5.56 Å². The molecule has 4 heteroatoms. The van der Waals surface area contributed by atoms with Crippen molar-refractivity contribution in [1.29, 1.82) is 0 Å². The Morgan fingerprint density at radius 1 is 1.38 bits per heavy atom. The molecule has 0 spiro atoms. The van der Waals surface area contributed by atoms with Gasteiger partial charge in [-0.1, -0.05) is 0 Å². The van der Waals surface area contributed by atoms with Crippen molar-refractivity contribution in [2.45, 2.75) is 0 Å². The van der Waals surface area contributed by atoms with E-state index in [1.807, 2.05) is 0 Å². The van der Waals surface area contributed by atoms with E-state index in [1.165, 1.54) is 6.07 Å². The van der Waals surface area contributed by atoms with Crippen molar-refractivity contribution in [1.82, 2.24) is 4.57 Å². The number of halogens is 1. The molecule has 2 rings (SSSR count). The SMILES string of the molecule is Cn1ccc(C(=O)c2cc(F)ccc2O)c1. The highest BCUT2D eigenvalue weighted by Crippen LogP contribution is 2.21. The highest BCUT2D eigenvalue weighted by Gasteiger charge is 2.15. The van der Waals surface area contributed by atoms with Gasteiger partial charge in [0.2, 0.25) is 0 Å². The minimum Gasteiger partial charge on any atom is -0.507 e. The van der Waals surface area contributed by atoms with Crippen LogP contribution in [0.15, 0.2) is 36.7 Å². The number of benzene rings is 1. The number of hydrogen-bond acceptors (Lipinski definition) is 2. The predicted octanol–water partition coefficient (Wildman–Crippen LogP) is 2.10. The van der Waals surface area contributed by atoms with E-state index in [1.54, 1.807) is 30.1 Å². The van der Waals surface area contributed by atoms with Crippen LogP contribution in [0.2, 0.25) is 0 Å². The van der Waals surface area contributed by atoms with Crippen molar-refractivity contribution in [3.8, 4) is 5.75 Å². The normalized spacial score (nSPS) is 10.4. The number of phenolic OH excluding ortho intramolecular Hbond substituents is 1. The second-order valence-electron chi connectivity index (χ2n) is 3.56. The first kappa shape index (κ1) is 10.4. The fraction of sp³-hybridized carbons (Fsp3) is 0.0833. The largest absolute Gasteiger partial charge is 0.507 e. The van der Waals surface area contributed by atoms with Crippen LogP contribution in [-0.2, 0) is 7.05 Å². The molecule has 0 amide bonds. The lowest BCUT2D eigenvalue weighted by Crippen LogP contribution is -2.01. The predicted molar refractivity (Wildman–Crippen MR) is 56.9 cm³/mol. The van der Waals surface area contributed by atoms with Crippen molar-refractivity contribution in [3.05, 3.63) is 53.6 Å². The molecule has 1 heterocycles. The number of aromatic nitrogens is 1. The molecule has 0 aliphatic heterocycles. The lowest BCUT2D eigenvalue weighted by molar-refractivity contribution is 0.103. The van der Waals surface area contributed by atoms with E-state index in [4.69, 9.17) is 0 Å². The summed E-state index contributed by atoms with van der Waals surface area (Å²) in [6, 6.07) is 4.93. The van der Waals surface area contributed by atoms with Crippen LogP contribution in [0.4, 0.5) is 4.39 Å². The molecular weight excluding hydrogens is 209 g/mol. The van der Waals surface area contributed by atoms with Crippen molar-refractivity contribution in [2.24, 2.45) is 7.05 Å². The van der Waals surface area contributed by atoms with Gasteiger partial charge in [-0.3, -0.25) is 4.79 Å². The molecule has 82 valence electrons.